The Morgan fingerprint density at radius 2 is 2.46 bits per heavy atom. The lowest BCUT2D eigenvalue weighted by Gasteiger charge is -2.00. The standard InChI is InChI=1S/C8H12N2OS2/c1-4-11-7-5-6(2)10(9-7)8(12)13-3/h5H,4H2,1-3H3. The summed E-state index contributed by atoms with van der Waals surface area (Å²) in [5, 5.41) is 4.20. The van der Waals surface area contributed by atoms with Gasteiger partial charge in [0.1, 0.15) is 0 Å². The van der Waals surface area contributed by atoms with Crippen molar-refractivity contribution in [2.75, 3.05) is 12.9 Å². The van der Waals surface area contributed by atoms with E-state index in [4.69, 9.17) is 17.0 Å². The molecule has 0 amide bonds. The Morgan fingerprint density at radius 1 is 1.77 bits per heavy atom. The minimum atomic E-state index is 0.627. The van der Waals surface area contributed by atoms with Crippen molar-refractivity contribution in [2.24, 2.45) is 0 Å². The lowest BCUT2D eigenvalue weighted by atomic mass is 10.5. The van der Waals surface area contributed by atoms with Crippen LogP contribution in [0.25, 0.3) is 0 Å². The molecule has 0 atom stereocenters. The molecule has 0 aliphatic heterocycles. The van der Waals surface area contributed by atoms with Gasteiger partial charge >= 0.3 is 0 Å². The molecular weight excluding hydrogens is 204 g/mol. The van der Waals surface area contributed by atoms with Crippen molar-refractivity contribution in [1.82, 2.24) is 9.78 Å². The topological polar surface area (TPSA) is 27.1 Å². The predicted molar refractivity (Wildman–Crippen MR) is 59.6 cm³/mol. The highest BCUT2D eigenvalue weighted by Gasteiger charge is 2.07. The SMILES string of the molecule is CCOc1cc(C)n(C(=S)SC)n1. The minimum absolute atomic E-state index is 0.627. The summed E-state index contributed by atoms with van der Waals surface area (Å²) in [5.74, 6) is 0.636. The van der Waals surface area contributed by atoms with Gasteiger partial charge in [-0.3, -0.25) is 0 Å². The molecule has 0 saturated heterocycles. The van der Waals surface area contributed by atoms with Gasteiger partial charge in [0, 0.05) is 11.8 Å². The van der Waals surface area contributed by atoms with E-state index in [1.807, 2.05) is 26.2 Å². The predicted octanol–water partition coefficient (Wildman–Crippen LogP) is 2.09. The Kier molecular flexibility index (Phi) is 3.74. The fourth-order valence-electron chi connectivity index (χ4n) is 0.936. The fourth-order valence-corrected chi connectivity index (χ4v) is 1.48. The summed E-state index contributed by atoms with van der Waals surface area (Å²) in [6.07, 6.45) is 1.93. The molecule has 0 radical (unpaired) electrons. The van der Waals surface area contributed by atoms with E-state index >= 15 is 0 Å². The van der Waals surface area contributed by atoms with Crippen molar-refractivity contribution in [3.63, 3.8) is 0 Å². The molecular formula is C8H12N2OS2. The molecule has 3 nitrogen and oxygen atoms in total. The number of ether oxygens (including phenoxy) is 1. The second-order valence-corrected chi connectivity index (χ2v) is 3.88. The average Bonchev–Trinajstić information content (AvgIpc) is 2.46. The molecule has 0 bridgehead atoms. The van der Waals surface area contributed by atoms with Crippen LogP contribution in [-0.2, 0) is 0 Å². The highest BCUT2D eigenvalue weighted by atomic mass is 32.2. The summed E-state index contributed by atoms with van der Waals surface area (Å²) in [6.45, 7) is 4.52. The normalized spacial score (nSPS) is 10.1. The number of hydrogen-bond donors (Lipinski definition) is 0. The zero-order valence-corrected chi connectivity index (χ0v) is 9.54. The highest BCUT2D eigenvalue weighted by molar-refractivity contribution is 8.22. The number of aromatic nitrogens is 2. The summed E-state index contributed by atoms with van der Waals surface area (Å²) in [6, 6.07) is 1.88. The first-order chi connectivity index (χ1) is 6.19. The molecule has 0 aliphatic rings. The molecule has 0 N–H and O–H groups in total. The van der Waals surface area contributed by atoms with Crippen LogP contribution in [0, 0.1) is 6.92 Å². The van der Waals surface area contributed by atoms with Gasteiger partial charge in [-0.05, 0) is 20.1 Å². The van der Waals surface area contributed by atoms with E-state index in [9.17, 15) is 0 Å². The van der Waals surface area contributed by atoms with Crippen LogP contribution in [0.2, 0.25) is 0 Å². The summed E-state index contributed by atoms with van der Waals surface area (Å²) < 4.78 is 7.71. The average molecular weight is 216 g/mol. The molecule has 72 valence electrons. The first-order valence-electron chi connectivity index (χ1n) is 3.96. The second kappa shape index (κ2) is 4.62. The van der Waals surface area contributed by atoms with Crippen LogP contribution in [0.15, 0.2) is 6.07 Å². The fraction of sp³-hybridized carbons (Fsp3) is 0.500. The molecule has 5 heteroatoms. The Bertz CT molecular complexity index is 309. The first kappa shape index (κ1) is 10.5. The van der Waals surface area contributed by atoms with E-state index in [2.05, 4.69) is 5.10 Å². The van der Waals surface area contributed by atoms with Gasteiger partial charge in [-0.25, -0.2) is 4.68 Å². The summed E-state index contributed by atoms with van der Waals surface area (Å²) in [5.41, 5.74) is 1.00. The van der Waals surface area contributed by atoms with Gasteiger partial charge in [0.05, 0.1) is 6.61 Å². The van der Waals surface area contributed by atoms with Crippen LogP contribution >= 0.6 is 24.0 Å². The monoisotopic (exact) mass is 216 g/mol. The lowest BCUT2D eigenvalue weighted by Crippen LogP contribution is -2.08. The zero-order chi connectivity index (χ0) is 9.84. The van der Waals surface area contributed by atoms with E-state index in [1.54, 1.807) is 4.68 Å². The smallest absolute Gasteiger partial charge is 0.233 e. The molecule has 0 unspecified atom stereocenters. The van der Waals surface area contributed by atoms with Crippen LogP contribution in [0.5, 0.6) is 5.88 Å². The van der Waals surface area contributed by atoms with E-state index in [0.717, 1.165) is 10.0 Å². The first-order valence-corrected chi connectivity index (χ1v) is 5.60. The molecule has 0 aromatic carbocycles. The summed E-state index contributed by atoms with van der Waals surface area (Å²) in [7, 11) is 0. The third-order valence-electron chi connectivity index (χ3n) is 1.50. The van der Waals surface area contributed by atoms with Crippen LogP contribution in [0.1, 0.15) is 12.6 Å². The number of aryl methyl sites for hydroxylation is 1. The van der Waals surface area contributed by atoms with Crippen molar-refractivity contribution in [3.05, 3.63) is 11.8 Å². The van der Waals surface area contributed by atoms with Gasteiger partial charge in [-0.2, -0.15) is 0 Å². The molecule has 0 fully saturated rings. The number of nitrogens with zero attached hydrogens (tertiary/aromatic N) is 2. The molecule has 1 rings (SSSR count). The van der Waals surface area contributed by atoms with Crippen molar-refractivity contribution >= 4 is 28.3 Å². The minimum Gasteiger partial charge on any atom is -0.477 e. The van der Waals surface area contributed by atoms with E-state index in [1.165, 1.54) is 11.8 Å². The number of thiocarbonyl (C=S) groups is 1. The zero-order valence-electron chi connectivity index (χ0n) is 7.90. The van der Waals surface area contributed by atoms with Gasteiger partial charge in [0.25, 0.3) is 0 Å². The molecule has 0 saturated carbocycles. The van der Waals surface area contributed by atoms with E-state index in [0.29, 0.717) is 12.5 Å². The number of thioether (sulfide) groups is 1. The Hall–Kier alpha value is -0.550. The molecule has 1 aromatic rings. The molecule has 1 aromatic heterocycles. The molecule has 0 aliphatic carbocycles. The molecule has 0 spiro atoms. The number of rotatable bonds is 2. The highest BCUT2D eigenvalue weighted by Crippen LogP contribution is 2.13. The van der Waals surface area contributed by atoms with Crippen molar-refractivity contribution in [2.45, 2.75) is 13.8 Å². The van der Waals surface area contributed by atoms with E-state index < -0.39 is 0 Å². The molecule has 13 heavy (non-hydrogen) atoms. The van der Waals surface area contributed by atoms with Crippen molar-refractivity contribution < 1.29 is 4.74 Å². The number of hydrogen-bond acceptors (Lipinski definition) is 4. The Balaban J connectivity index is 2.89. The summed E-state index contributed by atoms with van der Waals surface area (Å²) >= 11 is 6.61. The Labute approximate surface area is 87.5 Å². The van der Waals surface area contributed by atoms with Crippen LogP contribution in [0.4, 0.5) is 0 Å². The van der Waals surface area contributed by atoms with Gasteiger partial charge in [0.2, 0.25) is 5.88 Å². The van der Waals surface area contributed by atoms with Crippen molar-refractivity contribution in [3.8, 4) is 5.88 Å². The third-order valence-corrected chi connectivity index (χ3v) is 2.70. The van der Waals surface area contributed by atoms with E-state index in [-0.39, 0.29) is 0 Å². The van der Waals surface area contributed by atoms with Crippen LogP contribution in [0.3, 0.4) is 0 Å². The van der Waals surface area contributed by atoms with Gasteiger partial charge in [0.15, 0.2) is 4.32 Å². The Morgan fingerprint density at radius 3 is 3.00 bits per heavy atom. The quantitative estimate of drug-likeness (QED) is 0.707. The maximum Gasteiger partial charge on any atom is 0.233 e. The van der Waals surface area contributed by atoms with Crippen LogP contribution < -0.4 is 4.74 Å². The lowest BCUT2D eigenvalue weighted by molar-refractivity contribution is 0.325. The largest absolute Gasteiger partial charge is 0.477 e. The second-order valence-electron chi connectivity index (χ2n) is 2.44. The summed E-state index contributed by atoms with van der Waals surface area (Å²) in [4.78, 5) is 0. The van der Waals surface area contributed by atoms with Crippen LogP contribution in [-0.4, -0.2) is 27.0 Å². The maximum atomic E-state index is 5.26. The third kappa shape index (κ3) is 2.45. The van der Waals surface area contributed by atoms with Crippen molar-refractivity contribution in [1.29, 1.82) is 0 Å². The maximum absolute atomic E-state index is 5.26. The van der Waals surface area contributed by atoms with Gasteiger partial charge < -0.3 is 4.74 Å². The van der Waals surface area contributed by atoms with Gasteiger partial charge in [-0.15, -0.1) is 5.10 Å². The molecule has 1 heterocycles. The van der Waals surface area contributed by atoms with Gasteiger partial charge in [-0.1, -0.05) is 24.0 Å².